The van der Waals surface area contributed by atoms with Gasteiger partial charge in [0.1, 0.15) is 13.2 Å². The van der Waals surface area contributed by atoms with Gasteiger partial charge in [0.05, 0.1) is 27.5 Å². The van der Waals surface area contributed by atoms with Gasteiger partial charge in [-0.1, -0.05) is 30.3 Å². The van der Waals surface area contributed by atoms with Crippen molar-refractivity contribution in [1.82, 2.24) is 4.90 Å². The first-order valence-corrected chi connectivity index (χ1v) is 8.51. The van der Waals surface area contributed by atoms with Crippen molar-refractivity contribution in [2.75, 3.05) is 6.54 Å². The summed E-state index contributed by atoms with van der Waals surface area (Å²) in [5.74, 6) is 0. The van der Waals surface area contributed by atoms with Crippen LogP contribution >= 0.6 is 0 Å². The lowest BCUT2D eigenvalue weighted by molar-refractivity contribution is -0.386. The van der Waals surface area contributed by atoms with E-state index in [1.807, 2.05) is 0 Å². The highest BCUT2D eigenvalue weighted by Crippen LogP contribution is 2.20. The van der Waals surface area contributed by atoms with Crippen LogP contribution in [0.3, 0.4) is 0 Å². The summed E-state index contributed by atoms with van der Waals surface area (Å²) in [5, 5.41) is 22.1. The van der Waals surface area contributed by atoms with Crippen LogP contribution in [0.15, 0.2) is 61.2 Å². The van der Waals surface area contributed by atoms with Crippen LogP contribution in [0.5, 0.6) is 0 Å². The van der Waals surface area contributed by atoms with Crippen LogP contribution < -0.4 is 0 Å². The molecule has 0 N–H and O–H groups in total. The van der Waals surface area contributed by atoms with Crippen LogP contribution in [0.2, 0.25) is 0 Å². The van der Waals surface area contributed by atoms with Crippen LogP contribution in [0.1, 0.15) is 11.1 Å². The summed E-state index contributed by atoms with van der Waals surface area (Å²) in [6.45, 7) is 2.30. The second-order valence-electron chi connectivity index (χ2n) is 5.78. The molecule has 0 aliphatic carbocycles. The van der Waals surface area contributed by atoms with Gasteiger partial charge in [0.2, 0.25) is 0 Å². The van der Waals surface area contributed by atoms with E-state index in [-0.39, 0.29) is 29.0 Å². The number of rotatable bonds is 8. The highest BCUT2D eigenvalue weighted by molar-refractivity contribution is 5.88. The molecule has 2 aromatic rings. The fourth-order valence-corrected chi connectivity index (χ4v) is 2.41. The van der Waals surface area contributed by atoms with Gasteiger partial charge in [-0.05, 0) is 12.1 Å². The van der Waals surface area contributed by atoms with Gasteiger partial charge in [0, 0.05) is 12.1 Å². The molecule has 0 fully saturated rings. The number of amides is 2. The van der Waals surface area contributed by atoms with Gasteiger partial charge >= 0.3 is 12.2 Å². The number of nitro groups is 2. The number of hydrogen-bond acceptors (Lipinski definition) is 8. The molecule has 30 heavy (non-hydrogen) atoms. The molecule has 2 aromatic carbocycles. The second-order valence-corrected chi connectivity index (χ2v) is 5.78. The fraction of sp³-hybridized carbons (Fsp3) is 0.158. The first-order valence-electron chi connectivity index (χ1n) is 8.51. The number of para-hydroxylation sites is 2. The number of benzene rings is 2. The van der Waals surface area contributed by atoms with E-state index >= 15 is 0 Å². The predicted octanol–water partition coefficient (Wildman–Crippen LogP) is 3.96. The molecule has 2 rings (SSSR count). The molecular formula is C19H17N3O8. The molecule has 11 heteroatoms. The van der Waals surface area contributed by atoms with Crippen LogP contribution in [-0.2, 0) is 22.7 Å². The Hall–Kier alpha value is -4.28. The summed E-state index contributed by atoms with van der Waals surface area (Å²) >= 11 is 0. The van der Waals surface area contributed by atoms with Crippen molar-refractivity contribution in [2.24, 2.45) is 0 Å². The zero-order valence-corrected chi connectivity index (χ0v) is 15.6. The second kappa shape index (κ2) is 10.3. The summed E-state index contributed by atoms with van der Waals surface area (Å²) in [6, 6.07) is 11.3. The summed E-state index contributed by atoms with van der Waals surface area (Å²) < 4.78 is 9.99. The zero-order chi connectivity index (χ0) is 22.1. The van der Waals surface area contributed by atoms with Crippen LogP contribution in [0, 0.1) is 20.2 Å². The third-order valence-electron chi connectivity index (χ3n) is 3.83. The maximum atomic E-state index is 12.3. The summed E-state index contributed by atoms with van der Waals surface area (Å²) in [5.41, 5.74) is -0.190. The molecule has 0 spiro atoms. The van der Waals surface area contributed by atoms with Crippen molar-refractivity contribution < 1.29 is 28.9 Å². The van der Waals surface area contributed by atoms with Crippen LogP contribution in [0.4, 0.5) is 21.0 Å². The van der Waals surface area contributed by atoms with E-state index in [9.17, 15) is 29.8 Å². The molecule has 0 heterocycles. The molecular weight excluding hydrogens is 398 g/mol. The number of hydrogen-bond donors (Lipinski definition) is 0. The van der Waals surface area contributed by atoms with Gasteiger partial charge in [0.25, 0.3) is 11.4 Å². The van der Waals surface area contributed by atoms with E-state index in [0.717, 1.165) is 0 Å². The topological polar surface area (TPSA) is 142 Å². The summed E-state index contributed by atoms with van der Waals surface area (Å²) in [4.78, 5) is 46.0. The summed E-state index contributed by atoms with van der Waals surface area (Å²) in [7, 11) is 0. The Labute approximate surface area is 170 Å². The minimum absolute atomic E-state index is 0.141. The Balaban J connectivity index is 2.05. The average Bonchev–Trinajstić information content (AvgIpc) is 2.74. The maximum Gasteiger partial charge on any atom is 0.419 e. The van der Waals surface area contributed by atoms with Crippen molar-refractivity contribution in [3.63, 3.8) is 0 Å². The maximum absolute atomic E-state index is 12.3. The molecule has 2 amide bonds. The Morgan fingerprint density at radius 1 is 0.867 bits per heavy atom. The van der Waals surface area contributed by atoms with Gasteiger partial charge in [-0.3, -0.25) is 20.2 Å². The van der Waals surface area contributed by atoms with Crippen molar-refractivity contribution >= 4 is 23.6 Å². The standard InChI is InChI=1S/C19H17N3O8/c1-2-11-20(18(23)29-12-14-7-3-5-9-16(14)21(25)26)19(24)30-13-15-8-4-6-10-17(15)22(27)28/h2-10H,1,11-13H2. The van der Waals surface area contributed by atoms with Crippen molar-refractivity contribution in [3.05, 3.63) is 92.5 Å². The van der Waals surface area contributed by atoms with E-state index < -0.39 is 35.2 Å². The van der Waals surface area contributed by atoms with E-state index in [1.54, 1.807) is 12.1 Å². The number of ether oxygens (including phenoxy) is 2. The highest BCUT2D eigenvalue weighted by Gasteiger charge is 2.25. The molecule has 0 saturated heterocycles. The monoisotopic (exact) mass is 415 g/mol. The number of nitrogens with zero attached hydrogens (tertiary/aromatic N) is 3. The Morgan fingerprint density at radius 3 is 1.63 bits per heavy atom. The molecule has 0 aromatic heterocycles. The number of carbonyl (C=O) groups is 2. The normalized spacial score (nSPS) is 10.0. The molecule has 0 saturated carbocycles. The van der Waals surface area contributed by atoms with Crippen molar-refractivity contribution in [2.45, 2.75) is 13.2 Å². The summed E-state index contributed by atoms with van der Waals surface area (Å²) in [6.07, 6.45) is -0.973. The van der Waals surface area contributed by atoms with E-state index in [2.05, 4.69) is 6.58 Å². The third kappa shape index (κ3) is 5.61. The first-order chi connectivity index (χ1) is 14.3. The molecule has 0 atom stereocenters. The SMILES string of the molecule is C=CCN(C(=O)OCc1ccccc1[N+](=O)[O-])C(=O)OCc1ccccc1[N+](=O)[O-]. The van der Waals surface area contributed by atoms with E-state index in [4.69, 9.17) is 9.47 Å². The number of carbonyl (C=O) groups excluding carboxylic acids is 2. The molecule has 0 aliphatic heterocycles. The zero-order valence-electron chi connectivity index (χ0n) is 15.6. The fourth-order valence-electron chi connectivity index (χ4n) is 2.41. The lowest BCUT2D eigenvalue weighted by Crippen LogP contribution is -2.37. The van der Waals surface area contributed by atoms with Gasteiger partial charge in [-0.25, -0.2) is 14.5 Å². The Bertz CT molecular complexity index is 902. The molecule has 0 radical (unpaired) electrons. The van der Waals surface area contributed by atoms with Gasteiger partial charge < -0.3 is 9.47 Å². The van der Waals surface area contributed by atoms with Gasteiger partial charge in [-0.15, -0.1) is 6.58 Å². The Kier molecular flexibility index (Phi) is 7.57. The molecule has 0 aliphatic rings. The first kappa shape index (κ1) is 22.0. The highest BCUT2D eigenvalue weighted by atomic mass is 16.6. The minimum Gasteiger partial charge on any atom is -0.444 e. The van der Waals surface area contributed by atoms with Crippen LogP contribution in [0.25, 0.3) is 0 Å². The van der Waals surface area contributed by atoms with E-state index in [0.29, 0.717) is 4.90 Å². The van der Waals surface area contributed by atoms with Crippen molar-refractivity contribution in [3.8, 4) is 0 Å². The van der Waals surface area contributed by atoms with Gasteiger partial charge in [-0.2, -0.15) is 0 Å². The number of imide groups is 1. The van der Waals surface area contributed by atoms with Crippen molar-refractivity contribution in [1.29, 1.82) is 0 Å². The molecule has 0 unspecified atom stereocenters. The predicted molar refractivity (Wildman–Crippen MR) is 103 cm³/mol. The average molecular weight is 415 g/mol. The Morgan fingerprint density at radius 2 is 1.27 bits per heavy atom. The molecule has 0 bridgehead atoms. The minimum atomic E-state index is -1.11. The third-order valence-corrected chi connectivity index (χ3v) is 3.83. The largest absolute Gasteiger partial charge is 0.444 e. The molecule has 156 valence electrons. The van der Waals surface area contributed by atoms with Crippen LogP contribution in [-0.4, -0.2) is 33.5 Å². The van der Waals surface area contributed by atoms with Gasteiger partial charge in [0.15, 0.2) is 0 Å². The lowest BCUT2D eigenvalue weighted by Gasteiger charge is -2.18. The quantitative estimate of drug-likeness (QED) is 0.358. The van der Waals surface area contributed by atoms with E-state index in [1.165, 1.54) is 42.5 Å². The number of nitro benzene ring substituents is 2. The lowest BCUT2D eigenvalue weighted by atomic mass is 10.2. The smallest absolute Gasteiger partial charge is 0.419 e. The molecule has 11 nitrogen and oxygen atoms in total.